The molecule has 0 spiro atoms. The monoisotopic (exact) mass is 226 g/mol. The Morgan fingerprint density at radius 3 is 2.80 bits per heavy atom. The first-order valence-corrected chi connectivity index (χ1v) is 4.84. The van der Waals surface area contributed by atoms with E-state index in [1.807, 2.05) is 0 Å². The van der Waals surface area contributed by atoms with Gasteiger partial charge in [-0.1, -0.05) is 18.5 Å². The molecule has 0 aliphatic heterocycles. The highest BCUT2D eigenvalue weighted by atomic mass is 35.5. The minimum Gasteiger partial charge on any atom is -0.329 e. The van der Waals surface area contributed by atoms with Gasteiger partial charge in [-0.15, -0.1) is 0 Å². The highest BCUT2D eigenvalue weighted by molar-refractivity contribution is 6.34. The first-order valence-electron chi connectivity index (χ1n) is 4.47. The first kappa shape index (κ1) is 11.5. The van der Waals surface area contributed by atoms with E-state index in [1.54, 1.807) is 25.1 Å². The quantitative estimate of drug-likeness (QED) is 0.774. The minimum atomic E-state index is -0.104. The summed E-state index contributed by atoms with van der Waals surface area (Å²) in [7, 11) is 0. The lowest BCUT2D eigenvalue weighted by atomic mass is 10.2. The number of hydrogen-bond acceptors (Lipinski definition) is 2. The van der Waals surface area contributed by atoms with Crippen molar-refractivity contribution in [2.24, 2.45) is 0 Å². The summed E-state index contributed by atoms with van der Waals surface area (Å²) >= 11 is 5.90. The molecule has 1 aromatic rings. The van der Waals surface area contributed by atoms with Gasteiger partial charge < -0.3 is 10.6 Å². The van der Waals surface area contributed by atoms with Gasteiger partial charge in [0.25, 0.3) is 0 Å². The molecule has 80 valence electrons. The minimum absolute atomic E-state index is 0.104. The van der Waals surface area contributed by atoms with Crippen LogP contribution < -0.4 is 10.6 Å². The van der Waals surface area contributed by atoms with Crippen LogP contribution in [0.1, 0.15) is 13.3 Å². The Balaban J connectivity index is 2.83. The van der Waals surface area contributed by atoms with Crippen molar-refractivity contribution < 1.29 is 9.59 Å². The molecule has 0 aliphatic carbocycles. The summed E-state index contributed by atoms with van der Waals surface area (Å²) in [4.78, 5) is 21.3. The zero-order valence-electron chi connectivity index (χ0n) is 8.21. The van der Waals surface area contributed by atoms with Crippen molar-refractivity contribution in [3.8, 4) is 0 Å². The molecule has 0 bridgehead atoms. The topological polar surface area (TPSA) is 58.2 Å². The van der Waals surface area contributed by atoms with Gasteiger partial charge in [-0.3, -0.25) is 9.59 Å². The molecule has 5 heteroatoms. The Morgan fingerprint density at radius 2 is 2.27 bits per heavy atom. The predicted molar refractivity (Wildman–Crippen MR) is 60.1 cm³/mol. The average molecular weight is 227 g/mol. The molecule has 0 saturated carbocycles. The van der Waals surface area contributed by atoms with Gasteiger partial charge in [-0.2, -0.15) is 0 Å². The molecular weight excluding hydrogens is 216 g/mol. The molecule has 0 heterocycles. The SMILES string of the molecule is CCC(=O)Nc1ccc(NC=O)cc1Cl. The van der Waals surface area contributed by atoms with Gasteiger partial charge in [0.2, 0.25) is 12.3 Å². The van der Waals surface area contributed by atoms with E-state index in [0.29, 0.717) is 29.2 Å². The maximum atomic E-state index is 11.1. The van der Waals surface area contributed by atoms with E-state index >= 15 is 0 Å². The molecule has 1 aromatic carbocycles. The van der Waals surface area contributed by atoms with Gasteiger partial charge in [-0.05, 0) is 18.2 Å². The second kappa shape index (κ2) is 5.36. The molecule has 4 nitrogen and oxygen atoms in total. The third-order valence-corrected chi connectivity index (χ3v) is 2.10. The Labute approximate surface area is 92.6 Å². The van der Waals surface area contributed by atoms with Gasteiger partial charge in [-0.25, -0.2) is 0 Å². The van der Waals surface area contributed by atoms with Gasteiger partial charge in [0, 0.05) is 12.1 Å². The zero-order chi connectivity index (χ0) is 11.3. The fourth-order valence-corrected chi connectivity index (χ4v) is 1.24. The number of anilines is 2. The molecule has 0 unspecified atom stereocenters. The normalized spacial score (nSPS) is 9.47. The van der Waals surface area contributed by atoms with E-state index in [9.17, 15) is 9.59 Å². The summed E-state index contributed by atoms with van der Waals surface area (Å²) in [6.07, 6.45) is 0.959. The molecule has 2 N–H and O–H groups in total. The Morgan fingerprint density at radius 1 is 1.53 bits per heavy atom. The van der Waals surface area contributed by atoms with Crippen LogP contribution in [-0.4, -0.2) is 12.3 Å². The number of benzene rings is 1. The number of halogens is 1. The smallest absolute Gasteiger partial charge is 0.224 e. The summed E-state index contributed by atoms with van der Waals surface area (Å²) in [5, 5.41) is 5.50. The lowest BCUT2D eigenvalue weighted by Gasteiger charge is -2.07. The van der Waals surface area contributed by atoms with Crippen LogP contribution >= 0.6 is 11.6 Å². The second-order valence-electron chi connectivity index (χ2n) is 2.86. The number of amides is 2. The lowest BCUT2D eigenvalue weighted by molar-refractivity contribution is -0.115. The van der Waals surface area contributed by atoms with E-state index in [4.69, 9.17) is 11.6 Å². The Bertz CT molecular complexity index is 380. The molecule has 1 rings (SSSR count). The van der Waals surface area contributed by atoms with Crippen LogP contribution in [0.2, 0.25) is 5.02 Å². The van der Waals surface area contributed by atoms with E-state index in [2.05, 4.69) is 10.6 Å². The average Bonchev–Trinajstić information content (AvgIpc) is 2.22. The van der Waals surface area contributed by atoms with Crippen LogP contribution in [0.4, 0.5) is 11.4 Å². The number of carbonyl (C=O) groups is 2. The summed E-state index contributed by atoms with van der Waals surface area (Å²) < 4.78 is 0. The van der Waals surface area contributed by atoms with E-state index < -0.39 is 0 Å². The third kappa shape index (κ3) is 3.25. The molecule has 15 heavy (non-hydrogen) atoms. The summed E-state index contributed by atoms with van der Waals surface area (Å²) in [5.41, 5.74) is 1.13. The van der Waals surface area contributed by atoms with E-state index in [0.717, 1.165) is 0 Å². The first-order chi connectivity index (χ1) is 7.17. The van der Waals surface area contributed by atoms with Crippen LogP contribution in [0.25, 0.3) is 0 Å². The third-order valence-electron chi connectivity index (χ3n) is 1.79. The van der Waals surface area contributed by atoms with E-state index in [-0.39, 0.29) is 5.91 Å². The van der Waals surface area contributed by atoms with Crippen molar-refractivity contribution in [3.63, 3.8) is 0 Å². The van der Waals surface area contributed by atoms with Gasteiger partial charge >= 0.3 is 0 Å². The highest BCUT2D eigenvalue weighted by Gasteiger charge is 2.04. The Kier molecular flexibility index (Phi) is 4.12. The van der Waals surface area contributed by atoms with E-state index in [1.165, 1.54) is 0 Å². The van der Waals surface area contributed by atoms with Crippen LogP contribution in [0.15, 0.2) is 18.2 Å². The highest BCUT2D eigenvalue weighted by Crippen LogP contribution is 2.25. The second-order valence-corrected chi connectivity index (χ2v) is 3.27. The molecule has 0 radical (unpaired) electrons. The molecule has 0 aliphatic rings. The van der Waals surface area contributed by atoms with Crippen LogP contribution in [0.3, 0.4) is 0 Å². The molecular formula is C10H11ClN2O2. The van der Waals surface area contributed by atoms with Crippen molar-refractivity contribution in [3.05, 3.63) is 23.2 Å². The maximum Gasteiger partial charge on any atom is 0.224 e. The fourth-order valence-electron chi connectivity index (χ4n) is 1.01. The summed E-state index contributed by atoms with van der Waals surface area (Å²) in [6, 6.07) is 4.87. The molecule has 0 atom stereocenters. The van der Waals surface area contributed by atoms with Crippen LogP contribution in [0, 0.1) is 0 Å². The van der Waals surface area contributed by atoms with Gasteiger partial charge in [0.05, 0.1) is 10.7 Å². The number of nitrogens with one attached hydrogen (secondary N) is 2. The number of carbonyl (C=O) groups excluding carboxylic acids is 2. The Hall–Kier alpha value is -1.55. The molecule has 2 amide bonds. The van der Waals surface area contributed by atoms with Gasteiger partial charge in [0.1, 0.15) is 0 Å². The predicted octanol–water partition coefficient (Wildman–Crippen LogP) is 2.26. The maximum absolute atomic E-state index is 11.1. The van der Waals surface area contributed by atoms with Crippen molar-refractivity contribution in [2.75, 3.05) is 10.6 Å². The lowest BCUT2D eigenvalue weighted by Crippen LogP contribution is -2.09. The van der Waals surface area contributed by atoms with Crippen LogP contribution in [-0.2, 0) is 9.59 Å². The standard InChI is InChI=1S/C10H11ClN2O2/c1-2-10(15)13-9-4-3-7(12-6-14)5-8(9)11/h3-6H,2H2,1H3,(H,12,14)(H,13,15). The zero-order valence-corrected chi connectivity index (χ0v) is 8.97. The fraction of sp³-hybridized carbons (Fsp3) is 0.200. The van der Waals surface area contributed by atoms with Crippen molar-refractivity contribution in [2.45, 2.75) is 13.3 Å². The number of rotatable bonds is 4. The summed E-state index contributed by atoms with van der Waals surface area (Å²) in [6.45, 7) is 1.76. The van der Waals surface area contributed by atoms with Crippen LogP contribution in [0.5, 0.6) is 0 Å². The molecule has 0 aromatic heterocycles. The van der Waals surface area contributed by atoms with Crippen molar-refractivity contribution in [1.29, 1.82) is 0 Å². The molecule has 0 saturated heterocycles. The molecule has 0 fully saturated rings. The van der Waals surface area contributed by atoms with Gasteiger partial charge in [0.15, 0.2) is 0 Å². The van der Waals surface area contributed by atoms with Crippen molar-refractivity contribution in [1.82, 2.24) is 0 Å². The largest absolute Gasteiger partial charge is 0.329 e. The van der Waals surface area contributed by atoms with Crippen molar-refractivity contribution >= 4 is 35.3 Å². The number of hydrogen-bond donors (Lipinski definition) is 2. The summed E-state index contributed by atoms with van der Waals surface area (Å²) in [5.74, 6) is -0.104.